The van der Waals surface area contributed by atoms with E-state index in [-0.39, 0.29) is 24.9 Å². The monoisotopic (exact) mass is 544 g/mol. The largest absolute Gasteiger partial charge is 0.497 e. The summed E-state index contributed by atoms with van der Waals surface area (Å²) in [5.41, 5.74) is -0.530. The van der Waals surface area contributed by atoms with Crippen molar-refractivity contribution in [3.8, 4) is 17.6 Å². The summed E-state index contributed by atoms with van der Waals surface area (Å²) >= 11 is 0. The Labute approximate surface area is 223 Å². The molecule has 1 fully saturated rings. The van der Waals surface area contributed by atoms with Crippen LogP contribution >= 0.6 is 0 Å². The number of carboxylic acids is 1. The van der Waals surface area contributed by atoms with Crippen LogP contribution in [0.25, 0.3) is 10.9 Å². The van der Waals surface area contributed by atoms with Crippen molar-refractivity contribution in [1.29, 1.82) is 0 Å². The number of likely N-dealkylation sites (tertiary alicyclic amines) is 1. The molecule has 1 aliphatic heterocycles. The number of methoxy groups -OCH3 is 1. The van der Waals surface area contributed by atoms with Gasteiger partial charge in [0.2, 0.25) is 0 Å². The normalized spacial score (nSPS) is 15.9. The molecule has 10 heteroatoms. The smallest absolute Gasteiger partial charge is 0.303 e. The number of halogens is 4. The van der Waals surface area contributed by atoms with Gasteiger partial charge in [-0.1, -0.05) is 11.8 Å². The van der Waals surface area contributed by atoms with Gasteiger partial charge in [-0.2, -0.15) is 0 Å². The molecular formula is C29H28F4N2O4. The van der Waals surface area contributed by atoms with Crippen LogP contribution in [0.5, 0.6) is 5.75 Å². The number of carbonyl (C=O) groups is 1. The minimum Gasteiger partial charge on any atom is -0.497 e. The summed E-state index contributed by atoms with van der Waals surface area (Å²) in [6.07, 6.45) is 1.23. The van der Waals surface area contributed by atoms with E-state index in [0.717, 1.165) is 6.20 Å². The number of rotatable bonds is 8. The summed E-state index contributed by atoms with van der Waals surface area (Å²) in [4.78, 5) is 17.7. The van der Waals surface area contributed by atoms with Crippen LogP contribution in [0, 0.1) is 40.5 Å². The zero-order valence-electron chi connectivity index (χ0n) is 21.3. The number of fused-ring (bicyclic) bond motifs is 1. The number of ether oxygens (including phenoxy) is 1. The van der Waals surface area contributed by atoms with Crippen molar-refractivity contribution in [2.24, 2.45) is 5.41 Å². The molecule has 39 heavy (non-hydrogen) atoms. The zero-order valence-corrected chi connectivity index (χ0v) is 21.3. The molecule has 0 spiro atoms. The van der Waals surface area contributed by atoms with E-state index in [4.69, 9.17) is 4.74 Å². The van der Waals surface area contributed by atoms with E-state index in [1.807, 2.05) is 4.90 Å². The third kappa shape index (κ3) is 6.67. The first kappa shape index (κ1) is 28.3. The van der Waals surface area contributed by atoms with Crippen LogP contribution in [-0.4, -0.2) is 52.8 Å². The molecule has 2 N–H and O–H groups in total. The van der Waals surface area contributed by atoms with Crippen LogP contribution in [0.2, 0.25) is 0 Å². The average molecular weight is 545 g/mol. The van der Waals surface area contributed by atoms with Gasteiger partial charge in [0.1, 0.15) is 29.0 Å². The number of piperidine rings is 1. The van der Waals surface area contributed by atoms with Crippen molar-refractivity contribution in [2.45, 2.75) is 38.2 Å². The molecular weight excluding hydrogens is 516 g/mol. The van der Waals surface area contributed by atoms with Crippen molar-refractivity contribution in [2.75, 3.05) is 26.7 Å². The molecule has 3 aromatic rings. The molecule has 206 valence electrons. The summed E-state index contributed by atoms with van der Waals surface area (Å²) in [6, 6.07) is 6.11. The minimum atomic E-state index is -1.18. The molecule has 0 saturated carbocycles. The third-order valence-electron chi connectivity index (χ3n) is 7.32. The van der Waals surface area contributed by atoms with E-state index in [1.54, 1.807) is 18.2 Å². The van der Waals surface area contributed by atoms with Crippen LogP contribution in [0.15, 0.2) is 36.5 Å². The third-order valence-corrected chi connectivity index (χ3v) is 7.32. The van der Waals surface area contributed by atoms with Gasteiger partial charge < -0.3 is 14.9 Å². The second kappa shape index (κ2) is 12.0. The highest BCUT2D eigenvalue weighted by Gasteiger charge is 2.37. The van der Waals surface area contributed by atoms with Crippen molar-refractivity contribution in [3.05, 3.63) is 70.9 Å². The van der Waals surface area contributed by atoms with Gasteiger partial charge >= 0.3 is 5.97 Å². The van der Waals surface area contributed by atoms with Gasteiger partial charge in [0, 0.05) is 23.1 Å². The second-order valence-electron chi connectivity index (χ2n) is 9.85. The molecule has 0 bridgehead atoms. The standard InChI is InChI=1S/C29H28F4N2O4/c1-39-19-4-5-25-21(15-19)28(24(33)17-34-25)26(36)6-7-29(16-27(37)38)8-11-35(12-9-29)10-2-3-20-22(31)13-18(30)14-23(20)32/h4-5,13-15,17,26,36H,6-12,16H2,1H3,(H,37,38). The Morgan fingerprint density at radius 3 is 2.46 bits per heavy atom. The number of hydrogen-bond donors (Lipinski definition) is 2. The van der Waals surface area contributed by atoms with Gasteiger partial charge in [0.15, 0.2) is 0 Å². The highest BCUT2D eigenvalue weighted by atomic mass is 19.1. The molecule has 1 unspecified atom stereocenters. The van der Waals surface area contributed by atoms with Crippen molar-refractivity contribution in [1.82, 2.24) is 9.88 Å². The Kier molecular flexibility index (Phi) is 8.73. The van der Waals surface area contributed by atoms with Gasteiger partial charge in [-0.25, -0.2) is 17.6 Å². The molecule has 6 nitrogen and oxygen atoms in total. The van der Waals surface area contributed by atoms with E-state index in [2.05, 4.69) is 16.8 Å². The first-order valence-corrected chi connectivity index (χ1v) is 12.5. The Bertz CT molecular complexity index is 1410. The molecule has 1 atom stereocenters. The molecule has 0 aliphatic carbocycles. The number of aliphatic hydroxyl groups excluding tert-OH is 1. The summed E-state index contributed by atoms with van der Waals surface area (Å²) in [5.74, 6) is 0.813. The number of aliphatic hydroxyl groups is 1. The quantitative estimate of drug-likeness (QED) is 0.299. The van der Waals surface area contributed by atoms with E-state index in [9.17, 15) is 32.6 Å². The fraction of sp³-hybridized carbons (Fsp3) is 0.379. The van der Waals surface area contributed by atoms with Crippen LogP contribution in [0.4, 0.5) is 17.6 Å². The lowest BCUT2D eigenvalue weighted by Crippen LogP contribution is -2.41. The first-order chi connectivity index (χ1) is 18.6. The summed E-state index contributed by atoms with van der Waals surface area (Å²) in [7, 11) is 1.48. The van der Waals surface area contributed by atoms with Crippen LogP contribution in [0.3, 0.4) is 0 Å². The lowest BCUT2D eigenvalue weighted by atomic mass is 9.71. The molecule has 1 aliphatic rings. The number of hydrogen-bond acceptors (Lipinski definition) is 5. The summed E-state index contributed by atoms with van der Waals surface area (Å²) in [5, 5.41) is 21.0. The summed E-state index contributed by atoms with van der Waals surface area (Å²) < 4.78 is 60.7. The fourth-order valence-corrected chi connectivity index (χ4v) is 5.14. The first-order valence-electron chi connectivity index (χ1n) is 12.5. The maximum Gasteiger partial charge on any atom is 0.303 e. The molecule has 2 aromatic carbocycles. The maximum absolute atomic E-state index is 14.8. The zero-order chi connectivity index (χ0) is 28.2. The van der Waals surface area contributed by atoms with E-state index >= 15 is 0 Å². The molecule has 2 heterocycles. The molecule has 0 amide bonds. The van der Waals surface area contributed by atoms with E-state index < -0.39 is 46.3 Å². The highest BCUT2D eigenvalue weighted by molar-refractivity contribution is 5.84. The Morgan fingerprint density at radius 2 is 1.82 bits per heavy atom. The van der Waals surface area contributed by atoms with Gasteiger partial charge in [0.05, 0.1) is 43.5 Å². The van der Waals surface area contributed by atoms with E-state index in [0.29, 0.717) is 61.1 Å². The second-order valence-corrected chi connectivity index (χ2v) is 9.85. The Morgan fingerprint density at radius 1 is 1.13 bits per heavy atom. The van der Waals surface area contributed by atoms with Crippen molar-refractivity contribution < 1.29 is 37.3 Å². The van der Waals surface area contributed by atoms with Crippen molar-refractivity contribution >= 4 is 16.9 Å². The number of aromatic nitrogens is 1. The molecule has 1 saturated heterocycles. The predicted molar refractivity (Wildman–Crippen MR) is 136 cm³/mol. The molecule has 1 aromatic heterocycles. The van der Waals surface area contributed by atoms with Gasteiger partial charge in [-0.3, -0.25) is 14.7 Å². The van der Waals surface area contributed by atoms with Crippen LogP contribution in [0.1, 0.15) is 49.3 Å². The topological polar surface area (TPSA) is 82.9 Å². The lowest BCUT2D eigenvalue weighted by molar-refractivity contribution is -0.141. The van der Waals surface area contributed by atoms with Crippen LogP contribution < -0.4 is 4.74 Å². The average Bonchev–Trinajstić information content (AvgIpc) is 2.89. The molecule has 4 rings (SSSR count). The van der Waals surface area contributed by atoms with Gasteiger partial charge in [-0.15, -0.1) is 0 Å². The number of benzene rings is 2. The predicted octanol–water partition coefficient (Wildman–Crippen LogP) is 5.22. The fourth-order valence-electron chi connectivity index (χ4n) is 5.14. The summed E-state index contributed by atoms with van der Waals surface area (Å²) in [6.45, 7) is 1.16. The molecule has 0 radical (unpaired) electrons. The number of carboxylic acid groups (broad SMARTS) is 1. The van der Waals surface area contributed by atoms with E-state index in [1.165, 1.54) is 7.11 Å². The highest BCUT2D eigenvalue weighted by Crippen LogP contribution is 2.42. The lowest BCUT2D eigenvalue weighted by Gasteiger charge is -2.41. The maximum atomic E-state index is 14.8. The van der Waals surface area contributed by atoms with Crippen LogP contribution in [-0.2, 0) is 4.79 Å². The Hall–Kier alpha value is -3.68. The van der Waals surface area contributed by atoms with Crippen molar-refractivity contribution in [3.63, 3.8) is 0 Å². The van der Waals surface area contributed by atoms with Gasteiger partial charge in [-0.05, 0) is 62.4 Å². The number of aliphatic carboxylic acids is 1. The number of pyridine rings is 1. The van der Waals surface area contributed by atoms with Gasteiger partial charge in [0.25, 0.3) is 0 Å². The Balaban J connectivity index is 1.44. The SMILES string of the molecule is COc1ccc2ncc(F)c(C(O)CCC3(CC(=O)O)CCN(CC#Cc4c(F)cc(F)cc4F)CC3)c2c1. The number of nitrogens with zero attached hydrogens (tertiary/aromatic N) is 2. The minimum absolute atomic E-state index is 0.0948.